The first-order valence-corrected chi connectivity index (χ1v) is 6.21. The Morgan fingerprint density at radius 3 is 2.94 bits per heavy atom. The van der Waals surface area contributed by atoms with Gasteiger partial charge in [0.25, 0.3) is 0 Å². The molecule has 4 rings (SSSR count). The summed E-state index contributed by atoms with van der Waals surface area (Å²) in [5.41, 5.74) is 1.59. The fourth-order valence-electron chi connectivity index (χ4n) is 3.95. The third-order valence-corrected chi connectivity index (χ3v) is 5.16. The molecule has 17 heavy (non-hydrogen) atoms. The predicted octanol–water partition coefficient (Wildman–Crippen LogP) is 1.99. The molecular formula is C14H14O3. The fourth-order valence-corrected chi connectivity index (χ4v) is 3.95. The van der Waals surface area contributed by atoms with Crippen molar-refractivity contribution in [1.82, 2.24) is 0 Å². The SMILES string of the molecule is CC1=C2C[C@@H]3C(=O)[C@H]4C[C@H]4[C@]3(C)C=C2OC1=O. The summed E-state index contributed by atoms with van der Waals surface area (Å²) >= 11 is 0. The Morgan fingerprint density at radius 2 is 2.18 bits per heavy atom. The molecule has 0 amide bonds. The minimum Gasteiger partial charge on any atom is -0.423 e. The van der Waals surface area contributed by atoms with Crippen LogP contribution >= 0.6 is 0 Å². The third kappa shape index (κ3) is 0.946. The van der Waals surface area contributed by atoms with Crippen LogP contribution in [0.25, 0.3) is 0 Å². The molecule has 3 heteroatoms. The number of hydrogen-bond donors (Lipinski definition) is 0. The van der Waals surface area contributed by atoms with Crippen molar-refractivity contribution in [3.8, 4) is 0 Å². The number of esters is 1. The number of ketones is 1. The maximum absolute atomic E-state index is 12.2. The zero-order valence-corrected chi connectivity index (χ0v) is 9.95. The number of ether oxygens (including phenoxy) is 1. The number of carbonyl (C=O) groups is 2. The van der Waals surface area contributed by atoms with Gasteiger partial charge in [0.2, 0.25) is 0 Å². The molecule has 0 unspecified atom stereocenters. The van der Waals surface area contributed by atoms with Gasteiger partial charge in [-0.3, -0.25) is 4.79 Å². The summed E-state index contributed by atoms with van der Waals surface area (Å²) in [6, 6.07) is 0. The topological polar surface area (TPSA) is 43.4 Å². The van der Waals surface area contributed by atoms with E-state index in [-0.39, 0.29) is 23.2 Å². The second-order valence-corrected chi connectivity index (χ2v) is 5.98. The highest BCUT2D eigenvalue weighted by molar-refractivity contribution is 5.96. The molecule has 0 aromatic rings. The molecular weight excluding hydrogens is 216 g/mol. The number of fused-ring (bicyclic) bond motifs is 4. The lowest BCUT2D eigenvalue weighted by Gasteiger charge is -2.34. The predicted molar refractivity (Wildman–Crippen MR) is 59.7 cm³/mol. The van der Waals surface area contributed by atoms with E-state index in [2.05, 4.69) is 13.0 Å². The van der Waals surface area contributed by atoms with Crippen LogP contribution in [0.4, 0.5) is 0 Å². The molecule has 0 aromatic heterocycles. The minimum absolute atomic E-state index is 0.0640. The molecule has 0 radical (unpaired) electrons. The largest absolute Gasteiger partial charge is 0.423 e. The molecule has 0 aromatic carbocycles. The van der Waals surface area contributed by atoms with E-state index in [9.17, 15) is 9.59 Å². The van der Waals surface area contributed by atoms with E-state index in [1.54, 1.807) is 6.92 Å². The van der Waals surface area contributed by atoms with Gasteiger partial charge in [-0.05, 0) is 31.8 Å². The van der Waals surface area contributed by atoms with Crippen molar-refractivity contribution in [2.24, 2.45) is 23.2 Å². The average molecular weight is 230 g/mol. The van der Waals surface area contributed by atoms with Crippen LogP contribution in [0.15, 0.2) is 23.0 Å². The standard InChI is InChI=1S/C14H14O3/c1-6-7-3-10-12(15)8-4-9(8)14(10,2)5-11(7)17-13(6)16/h5,8-10H,3-4H2,1-2H3/t8-,9+,10+,14-/m0/s1. The highest BCUT2D eigenvalue weighted by atomic mass is 16.5. The fraction of sp³-hybridized carbons (Fsp3) is 0.571. The second kappa shape index (κ2) is 2.55. The number of rotatable bonds is 0. The molecule has 2 fully saturated rings. The molecule has 0 N–H and O–H groups in total. The van der Waals surface area contributed by atoms with E-state index in [0.29, 0.717) is 23.7 Å². The van der Waals surface area contributed by atoms with E-state index in [1.807, 2.05) is 0 Å². The van der Waals surface area contributed by atoms with Gasteiger partial charge in [0, 0.05) is 28.4 Å². The number of carbonyl (C=O) groups excluding carboxylic acids is 2. The summed E-state index contributed by atoms with van der Waals surface area (Å²) < 4.78 is 5.29. The van der Waals surface area contributed by atoms with Gasteiger partial charge in [0.1, 0.15) is 11.5 Å². The summed E-state index contributed by atoms with van der Waals surface area (Å²) in [6.07, 6.45) is 3.79. The van der Waals surface area contributed by atoms with Crippen molar-refractivity contribution in [2.45, 2.75) is 26.7 Å². The minimum atomic E-state index is -0.241. The Morgan fingerprint density at radius 1 is 1.41 bits per heavy atom. The van der Waals surface area contributed by atoms with Crippen LogP contribution in [-0.2, 0) is 14.3 Å². The van der Waals surface area contributed by atoms with Crippen LogP contribution in [0.2, 0.25) is 0 Å². The monoisotopic (exact) mass is 230 g/mol. The molecule has 0 spiro atoms. The van der Waals surface area contributed by atoms with Crippen molar-refractivity contribution < 1.29 is 14.3 Å². The van der Waals surface area contributed by atoms with Crippen LogP contribution in [0.1, 0.15) is 26.7 Å². The highest BCUT2D eigenvalue weighted by Gasteiger charge is 2.66. The highest BCUT2D eigenvalue weighted by Crippen LogP contribution is 2.67. The molecule has 3 nitrogen and oxygen atoms in total. The van der Waals surface area contributed by atoms with Gasteiger partial charge in [-0.2, -0.15) is 0 Å². The Labute approximate surface area is 99.5 Å². The zero-order valence-electron chi connectivity index (χ0n) is 9.95. The Bertz CT molecular complexity index is 540. The third-order valence-electron chi connectivity index (χ3n) is 5.16. The molecule has 3 aliphatic carbocycles. The van der Waals surface area contributed by atoms with E-state index < -0.39 is 0 Å². The van der Waals surface area contributed by atoms with E-state index in [1.165, 1.54) is 0 Å². The summed E-state index contributed by atoms with van der Waals surface area (Å²) in [5, 5.41) is 0. The lowest BCUT2D eigenvalue weighted by Crippen LogP contribution is -2.32. The lowest BCUT2D eigenvalue weighted by atomic mass is 9.68. The van der Waals surface area contributed by atoms with Crippen LogP contribution in [0.5, 0.6) is 0 Å². The maximum atomic E-state index is 12.2. The van der Waals surface area contributed by atoms with Gasteiger partial charge < -0.3 is 4.74 Å². The summed E-state index contributed by atoms with van der Waals surface area (Å²) in [6.45, 7) is 3.94. The molecule has 0 bridgehead atoms. The number of hydrogen-bond acceptors (Lipinski definition) is 3. The van der Waals surface area contributed by atoms with E-state index in [4.69, 9.17) is 4.74 Å². The van der Waals surface area contributed by atoms with Gasteiger partial charge >= 0.3 is 5.97 Å². The molecule has 1 heterocycles. The van der Waals surface area contributed by atoms with Crippen LogP contribution in [0.3, 0.4) is 0 Å². The van der Waals surface area contributed by atoms with Crippen molar-refractivity contribution in [3.63, 3.8) is 0 Å². The normalized spacial score (nSPS) is 46.2. The second-order valence-electron chi connectivity index (χ2n) is 5.98. The van der Waals surface area contributed by atoms with E-state index in [0.717, 1.165) is 17.8 Å². The van der Waals surface area contributed by atoms with Crippen molar-refractivity contribution in [2.75, 3.05) is 0 Å². The molecule has 4 aliphatic rings. The molecule has 4 atom stereocenters. The van der Waals surface area contributed by atoms with Crippen molar-refractivity contribution in [1.29, 1.82) is 0 Å². The van der Waals surface area contributed by atoms with Gasteiger partial charge in [0.15, 0.2) is 0 Å². The first-order chi connectivity index (χ1) is 8.02. The first-order valence-electron chi connectivity index (χ1n) is 6.21. The summed E-state index contributed by atoms with van der Waals surface area (Å²) in [7, 11) is 0. The van der Waals surface area contributed by atoms with Crippen LogP contribution < -0.4 is 0 Å². The zero-order chi connectivity index (χ0) is 11.9. The molecule has 1 aliphatic heterocycles. The molecule has 2 saturated carbocycles. The van der Waals surface area contributed by atoms with Crippen LogP contribution in [-0.4, -0.2) is 11.8 Å². The van der Waals surface area contributed by atoms with E-state index >= 15 is 0 Å². The van der Waals surface area contributed by atoms with Crippen molar-refractivity contribution >= 4 is 11.8 Å². The number of allylic oxidation sites excluding steroid dienone is 2. The first kappa shape index (κ1) is 9.63. The Balaban J connectivity index is 1.88. The number of Topliss-reactive ketones (excluding diaryl/α,β-unsaturated/α-hetero) is 1. The Hall–Kier alpha value is -1.38. The van der Waals surface area contributed by atoms with Crippen LogP contribution in [0, 0.1) is 23.2 Å². The lowest BCUT2D eigenvalue weighted by molar-refractivity contribution is -0.133. The smallest absolute Gasteiger partial charge is 0.339 e. The van der Waals surface area contributed by atoms with Gasteiger partial charge in [-0.15, -0.1) is 0 Å². The molecule has 0 saturated heterocycles. The van der Waals surface area contributed by atoms with Gasteiger partial charge in [-0.25, -0.2) is 4.79 Å². The van der Waals surface area contributed by atoms with Gasteiger partial charge in [0.05, 0.1) is 0 Å². The summed E-state index contributed by atoms with van der Waals surface area (Å²) in [4.78, 5) is 23.7. The quantitative estimate of drug-likeness (QED) is 0.598. The maximum Gasteiger partial charge on any atom is 0.339 e. The average Bonchev–Trinajstić information content (AvgIpc) is 2.99. The van der Waals surface area contributed by atoms with Crippen molar-refractivity contribution in [3.05, 3.63) is 23.0 Å². The summed E-state index contributed by atoms with van der Waals surface area (Å²) in [5.74, 6) is 1.76. The Kier molecular flexibility index (Phi) is 1.44. The van der Waals surface area contributed by atoms with Gasteiger partial charge in [-0.1, -0.05) is 6.92 Å². The molecule has 88 valence electrons.